The number of anilines is 1. The van der Waals surface area contributed by atoms with Crippen molar-refractivity contribution in [1.29, 1.82) is 0 Å². The minimum absolute atomic E-state index is 0.0416. The normalized spacial score (nSPS) is 16.7. The second-order valence-electron chi connectivity index (χ2n) is 5.57. The van der Waals surface area contributed by atoms with Crippen molar-refractivity contribution in [2.24, 2.45) is 0 Å². The Bertz CT molecular complexity index is 578. The molecular formula is C17H23ClN2O. The average Bonchev–Trinajstić information content (AvgIpc) is 2.49. The Morgan fingerprint density at radius 1 is 1.38 bits per heavy atom. The van der Waals surface area contributed by atoms with E-state index in [4.69, 9.17) is 11.6 Å². The smallest absolute Gasteiger partial charge is 0.126 e. The van der Waals surface area contributed by atoms with Crippen molar-refractivity contribution in [2.75, 3.05) is 5.32 Å². The first-order valence-electron chi connectivity index (χ1n) is 7.43. The van der Waals surface area contributed by atoms with E-state index in [9.17, 15) is 5.11 Å². The molecule has 1 aliphatic rings. The Morgan fingerprint density at radius 3 is 2.76 bits per heavy atom. The number of allylic oxidation sites excluding steroid dienone is 3. The molecule has 2 rings (SSSR count). The molecule has 21 heavy (non-hydrogen) atoms. The van der Waals surface area contributed by atoms with Crippen LogP contribution in [0.15, 0.2) is 34.5 Å². The number of halogens is 1. The number of hydrogen-bond acceptors (Lipinski definition) is 3. The highest BCUT2D eigenvalue weighted by Crippen LogP contribution is 2.30. The van der Waals surface area contributed by atoms with E-state index < -0.39 is 0 Å². The lowest BCUT2D eigenvalue weighted by molar-refractivity contribution is 0.281. The summed E-state index contributed by atoms with van der Waals surface area (Å²) in [5.41, 5.74) is 4.45. The van der Waals surface area contributed by atoms with Crippen LogP contribution >= 0.6 is 11.6 Å². The van der Waals surface area contributed by atoms with Crippen molar-refractivity contribution >= 4 is 17.4 Å². The van der Waals surface area contributed by atoms with E-state index in [-0.39, 0.29) is 12.6 Å². The Kier molecular flexibility index (Phi) is 5.43. The Balaban J connectivity index is 2.18. The molecule has 0 saturated carbocycles. The Hall–Kier alpha value is -1.32. The first kappa shape index (κ1) is 16.1. The lowest BCUT2D eigenvalue weighted by Gasteiger charge is -2.24. The number of hydrogen-bond donors (Lipinski definition) is 2. The van der Waals surface area contributed by atoms with Crippen molar-refractivity contribution in [2.45, 2.75) is 52.7 Å². The second-order valence-corrected chi connectivity index (χ2v) is 6.02. The summed E-state index contributed by atoms with van der Waals surface area (Å²) in [5, 5.41) is 13.8. The summed E-state index contributed by atoms with van der Waals surface area (Å²) in [5.74, 6) is 0.815. The minimum Gasteiger partial charge on any atom is -0.392 e. The highest BCUT2D eigenvalue weighted by atomic mass is 35.5. The summed E-state index contributed by atoms with van der Waals surface area (Å²) >= 11 is 6.17. The maximum absolute atomic E-state index is 9.36. The molecule has 2 N–H and O–H groups in total. The van der Waals surface area contributed by atoms with Crippen LogP contribution in [0.4, 0.5) is 5.82 Å². The quantitative estimate of drug-likeness (QED) is 0.852. The predicted octanol–water partition coefficient (Wildman–Crippen LogP) is 4.31. The topological polar surface area (TPSA) is 45.1 Å². The van der Waals surface area contributed by atoms with Gasteiger partial charge >= 0.3 is 0 Å². The summed E-state index contributed by atoms with van der Waals surface area (Å²) in [6.07, 6.45) is 6.88. The number of aliphatic hydroxyl groups is 1. The molecule has 1 aliphatic carbocycles. The molecule has 1 heterocycles. The van der Waals surface area contributed by atoms with Gasteiger partial charge in [0.15, 0.2) is 0 Å². The highest BCUT2D eigenvalue weighted by molar-refractivity contribution is 6.30. The molecule has 0 aromatic carbocycles. The van der Waals surface area contributed by atoms with Crippen LogP contribution in [0, 0.1) is 6.92 Å². The van der Waals surface area contributed by atoms with Crippen LogP contribution in [0.25, 0.3) is 0 Å². The third-order valence-electron chi connectivity index (χ3n) is 4.03. The van der Waals surface area contributed by atoms with E-state index in [0.29, 0.717) is 0 Å². The van der Waals surface area contributed by atoms with Gasteiger partial charge in [0.05, 0.1) is 6.61 Å². The molecule has 1 atom stereocenters. The molecule has 0 saturated heterocycles. The lowest BCUT2D eigenvalue weighted by atomic mass is 9.93. The van der Waals surface area contributed by atoms with Crippen molar-refractivity contribution < 1.29 is 5.11 Å². The van der Waals surface area contributed by atoms with Crippen LogP contribution in [0.2, 0.25) is 0 Å². The third-order valence-corrected chi connectivity index (χ3v) is 4.51. The van der Waals surface area contributed by atoms with Gasteiger partial charge in [0.1, 0.15) is 5.82 Å². The van der Waals surface area contributed by atoms with Gasteiger partial charge in [-0.15, -0.1) is 0 Å². The number of aromatic nitrogens is 1. The zero-order valence-electron chi connectivity index (χ0n) is 12.9. The maximum Gasteiger partial charge on any atom is 0.126 e. The second kappa shape index (κ2) is 7.10. The molecule has 3 nitrogen and oxygen atoms in total. The molecule has 1 aromatic rings. The fourth-order valence-corrected chi connectivity index (χ4v) is 2.75. The van der Waals surface area contributed by atoms with Gasteiger partial charge in [-0.3, -0.25) is 0 Å². The number of aliphatic hydroxyl groups excluding tert-OH is 1. The summed E-state index contributed by atoms with van der Waals surface area (Å²) in [4.78, 5) is 4.42. The van der Waals surface area contributed by atoms with Gasteiger partial charge in [0.2, 0.25) is 0 Å². The number of nitrogens with one attached hydrogen (secondary N) is 1. The predicted molar refractivity (Wildman–Crippen MR) is 88.5 cm³/mol. The fourth-order valence-electron chi connectivity index (χ4n) is 2.60. The molecule has 0 radical (unpaired) electrons. The first-order valence-corrected chi connectivity index (χ1v) is 7.81. The van der Waals surface area contributed by atoms with Crippen molar-refractivity contribution in [3.8, 4) is 0 Å². The third kappa shape index (κ3) is 3.86. The van der Waals surface area contributed by atoms with Crippen molar-refractivity contribution in [1.82, 2.24) is 4.98 Å². The molecule has 0 spiro atoms. The van der Waals surface area contributed by atoms with E-state index in [2.05, 4.69) is 30.2 Å². The zero-order chi connectivity index (χ0) is 15.4. The molecular weight excluding hydrogens is 284 g/mol. The molecule has 1 unspecified atom stereocenters. The van der Waals surface area contributed by atoms with Crippen LogP contribution < -0.4 is 5.32 Å². The van der Waals surface area contributed by atoms with Gasteiger partial charge in [-0.25, -0.2) is 4.98 Å². The van der Waals surface area contributed by atoms with Gasteiger partial charge in [0, 0.05) is 17.3 Å². The Morgan fingerprint density at radius 2 is 2.14 bits per heavy atom. The largest absolute Gasteiger partial charge is 0.392 e. The molecule has 0 amide bonds. The standard InChI is InChI=1S/C17H23ClN2O/c1-4-16(13-5-6-15(18)11(2)7-13)20-17-8-14(10-21)12(3)9-19-17/h7-9,16,21H,4-6,10H2,1-3H3,(H,19,20). The van der Waals surface area contributed by atoms with E-state index >= 15 is 0 Å². The van der Waals surface area contributed by atoms with Gasteiger partial charge in [-0.2, -0.15) is 0 Å². The molecule has 4 heteroatoms. The van der Waals surface area contributed by atoms with E-state index in [0.717, 1.165) is 46.8 Å². The van der Waals surface area contributed by atoms with E-state index in [1.165, 1.54) is 5.57 Å². The summed E-state index contributed by atoms with van der Waals surface area (Å²) < 4.78 is 0. The molecule has 1 aromatic heterocycles. The van der Waals surface area contributed by atoms with Crippen LogP contribution in [0.5, 0.6) is 0 Å². The first-order chi connectivity index (χ1) is 10.0. The molecule has 114 valence electrons. The minimum atomic E-state index is 0.0416. The van der Waals surface area contributed by atoms with Gasteiger partial charge in [-0.1, -0.05) is 24.6 Å². The number of rotatable bonds is 5. The van der Waals surface area contributed by atoms with Crippen LogP contribution in [-0.4, -0.2) is 16.1 Å². The SMILES string of the molecule is CCC(Nc1cc(CO)c(C)cn1)C1=CC(C)=C(Cl)CC1. The lowest BCUT2D eigenvalue weighted by Crippen LogP contribution is -2.23. The van der Waals surface area contributed by atoms with Gasteiger partial charge in [0.25, 0.3) is 0 Å². The van der Waals surface area contributed by atoms with Gasteiger partial charge in [-0.05, 0) is 61.4 Å². The average molecular weight is 307 g/mol. The number of nitrogens with zero attached hydrogens (tertiary/aromatic N) is 1. The summed E-state index contributed by atoms with van der Waals surface area (Å²) in [7, 11) is 0. The molecule has 0 aliphatic heterocycles. The van der Waals surface area contributed by atoms with E-state index in [1.54, 1.807) is 6.20 Å². The van der Waals surface area contributed by atoms with Crippen LogP contribution in [0.1, 0.15) is 44.2 Å². The zero-order valence-corrected chi connectivity index (χ0v) is 13.7. The van der Waals surface area contributed by atoms with E-state index in [1.807, 2.05) is 13.0 Å². The van der Waals surface area contributed by atoms with Crippen LogP contribution in [-0.2, 0) is 6.61 Å². The monoisotopic (exact) mass is 306 g/mol. The maximum atomic E-state index is 9.36. The molecule has 0 fully saturated rings. The number of pyridine rings is 1. The number of aryl methyl sites for hydroxylation is 1. The van der Waals surface area contributed by atoms with Gasteiger partial charge < -0.3 is 10.4 Å². The highest BCUT2D eigenvalue weighted by Gasteiger charge is 2.17. The molecule has 0 bridgehead atoms. The van der Waals surface area contributed by atoms with Crippen LogP contribution in [0.3, 0.4) is 0 Å². The van der Waals surface area contributed by atoms with Crippen molar-refractivity contribution in [3.63, 3.8) is 0 Å². The summed E-state index contributed by atoms with van der Waals surface area (Å²) in [6.45, 7) is 6.22. The Labute approximate surface area is 131 Å². The summed E-state index contributed by atoms with van der Waals surface area (Å²) in [6, 6.07) is 2.18. The fraction of sp³-hybridized carbons (Fsp3) is 0.471. The van der Waals surface area contributed by atoms with Crippen molar-refractivity contribution in [3.05, 3.63) is 45.6 Å².